The summed E-state index contributed by atoms with van der Waals surface area (Å²) < 4.78 is 0. The fourth-order valence-corrected chi connectivity index (χ4v) is 3.76. The topological polar surface area (TPSA) is 20.2 Å². The van der Waals surface area contributed by atoms with E-state index in [9.17, 15) is 5.11 Å². The number of rotatable bonds is 18. The lowest BCUT2D eigenvalue weighted by molar-refractivity contribution is 0.343. The Kier molecular flexibility index (Phi) is 16.2. The molecule has 1 heteroatoms. The Hall–Kier alpha value is -1.08. The quantitative estimate of drug-likeness (QED) is 0.258. The lowest BCUT2D eigenvalue weighted by Gasteiger charge is -2.08. The molecular weight excluding hydrogens is 328 g/mol. The molecule has 0 aliphatic rings. The molecule has 1 radical (unpaired) electrons. The molecule has 153 valence electrons. The summed E-state index contributed by atoms with van der Waals surface area (Å²) in [4.78, 5) is 0. The van der Waals surface area contributed by atoms with Crippen LogP contribution < -0.4 is 0 Å². The van der Waals surface area contributed by atoms with Gasteiger partial charge >= 0.3 is 0 Å². The third-order valence-corrected chi connectivity index (χ3v) is 5.48. The average Bonchev–Trinajstić information content (AvgIpc) is 2.70. The maximum atomic E-state index is 9.24. The maximum absolute atomic E-state index is 9.24. The van der Waals surface area contributed by atoms with E-state index in [1.165, 1.54) is 107 Å². The van der Waals surface area contributed by atoms with E-state index in [2.05, 4.69) is 25.1 Å². The van der Waals surface area contributed by atoms with Crippen molar-refractivity contribution in [1.29, 1.82) is 0 Å². The molecule has 0 saturated carbocycles. The molecule has 0 unspecified atom stereocenters. The van der Waals surface area contributed by atoms with E-state index in [4.69, 9.17) is 0 Å². The van der Waals surface area contributed by atoms with Gasteiger partial charge in [0.05, 0.1) is 6.61 Å². The molecule has 1 aromatic rings. The van der Waals surface area contributed by atoms with Crippen LogP contribution in [0.2, 0.25) is 0 Å². The third-order valence-electron chi connectivity index (χ3n) is 5.48. The molecule has 0 aliphatic carbocycles. The number of allylic oxidation sites excluding steroid dienone is 1. The number of aliphatic hydroxyl groups excluding tert-OH is 1. The van der Waals surface area contributed by atoms with Crippen molar-refractivity contribution in [1.82, 2.24) is 0 Å². The monoisotopic (exact) mass is 371 g/mol. The summed E-state index contributed by atoms with van der Waals surface area (Å²) in [5, 5.41) is 9.24. The molecule has 0 spiro atoms. The first-order valence-electron chi connectivity index (χ1n) is 11.6. The first-order chi connectivity index (χ1) is 13.4. The second kappa shape index (κ2) is 18.3. The Labute approximate surface area is 169 Å². The maximum Gasteiger partial charge on any atom is 0.0618 e. The van der Waals surface area contributed by atoms with Gasteiger partial charge in [-0.15, -0.1) is 0 Å². The van der Waals surface area contributed by atoms with Crippen LogP contribution in [0.5, 0.6) is 0 Å². The van der Waals surface area contributed by atoms with E-state index in [-0.39, 0.29) is 6.61 Å². The van der Waals surface area contributed by atoms with Crippen molar-refractivity contribution in [3.63, 3.8) is 0 Å². The van der Waals surface area contributed by atoms with Crippen LogP contribution in [0, 0.1) is 6.07 Å². The van der Waals surface area contributed by atoms with Gasteiger partial charge in [-0.3, -0.25) is 0 Å². The van der Waals surface area contributed by atoms with Crippen LogP contribution in [0.15, 0.2) is 30.3 Å². The molecule has 0 aliphatic heterocycles. The minimum atomic E-state index is 0.132. The fourth-order valence-electron chi connectivity index (χ4n) is 3.76. The predicted octanol–water partition coefficient (Wildman–Crippen LogP) is 8.12. The van der Waals surface area contributed by atoms with Gasteiger partial charge in [0.25, 0.3) is 0 Å². The van der Waals surface area contributed by atoms with Crippen molar-refractivity contribution in [2.45, 2.75) is 110 Å². The van der Waals surface area contributed by atoms with Crippen molar-refractivity contribution in [3.8, 4) is 0 Å². The van der Waals surface area contributed by atoms with Gasteiger partial charge < -0.3 is 5.11 Å². The standard InChI is InChI=1S/C26H43O/c1-2-3-4-5-6-7-8-9-10-11-12-13-14-15-17-22-26(23-24-27)25-20-18-16-19-21-25/h18-21,23,27H,2-15,17,22,24H2,1H3. The van der Waals surface area contributed by atoms with E-state index < -0.39 is 0 Å². The zero-order chi connectivity index (χ0) is 19.4. The van der Waals surface area contributed by atoms with Crippen molar-refractivity contribution in [3.05, 3.63) is 42.0 Å². The van der Waals surface area contributed by atoms with Crippen molar-refractivity contribution < 1.29 is 5.11 Å². The Morgan fingerprint density at radius 1 is 0.741 bits per heavy atom. The summed E-state index contributed by atoms with van der Waals surface area (Å²) >= 11 is 0. The van der Waals surface area contributed by atoms with Gasteiger partial charge in [-0.2, -0.15) is 0 Å². The molecule has 0 aromatic heterocycles. The second-order valence-corrected chi connectivity index (χ2v) is 7.90. The number of hydrogen-bond donors (Lipinski definition) is 1. The SMILES string of the molecule is CCCCCCCCCCCCCCCCCC(=CCO)c1cc[c]cc1. The van der Waals surface area contributed by atoms with E-state index >= 15 is 0 Å². The van der Waals surface area contributed by atoms with Gasteiger partial charge in [-0.05, 0) is 30.0 Å². The van der Waals surface area contributed by atoms with Crippen molar-refractivity contribution in [2.75, 3.05) is 6.61 Å². The van der Waals surface area contributed by atoms with Crippen LogP contribution in [0.3, 0.4) is 0 Å². The van der Waals surface area contributed by atoms with Gasteiger partial charge in [0, 0.05) is 0 Å². The van der Waals surface area contributed by atoms with E-state index in [1.807, 2.05) is 18.2 Å². The summed E-state index contributed by atoms with van der Waals surface area (Å²) in [7, 11) is 0. The molecule has 0 heterocycles. The van der Waals surface area contributed by atoms with E-state index in [1.54, 1.807) is 0 Å². The van der Waals surface area contributed by atoms with Gasteiger partial charge in [-0.25, -0.2) is 0 Å². The highest BCUT2D eigenvalue weighted by atomic mass is 16.2. The highest BCUT2D eigenvalue weighted by molar-refractivity contribution is 5.65. The summed E-state index contributed by atoms with van der Waals surface area (Å²) in [5.41, 5.74) is 2.51. The van der Waals surface area contributed by atoms with Gasteiger partial charge in [0.1, 0.15) is 0 Å². The first kappa shape index (κ1) is 24.0. The molecule has 0 saturated heterocycles. The summed E-state index contributed by atoms with van der Waals surface area (Å²) in [6.07, 6.45) is 24.0. The normalized spacial score (nSPS) is 11.9. The minimum absolute atomic E-state index is 0.132. The minimum Gasteiger partial charge on any atom is -0.392 e. The summed E-state index contributed by atoms with van der Waals surface area (Å²) in [5.74, 6) is 0. The Morgan fingerprint density at radius 2 is 1.19 bits per heavy atom. The highest BCUT2D eigenvalue weighted by Crippen LogP contribution is 2.21. The number of hydrogen-bond acceptors (Lipinski definition) is 1. The Morgan fingerprint density at radius 3 is 1.63 bits per heavy atom. The number of unbranched alkanes of at least 4 members (excludes halogenated alkanes) is 14. The van der Waals surface area contributed by atoms with Crippen molar-refractivity contribution in [2.24, 2.45) is 0 Å². The summed E-state index contributed by atoms with van der Waals surface area (Å²) in [6.45, 7) is 2.42. The Bertz CT molecular complexity index is 449. The van der Waals surface area contributed by atoms with Crippen LogP contribution in [-0.2, 0) is 0 Å². The second-order valence-electron chi connectivity index (χ2n) is 7.90. The molecule has 0 bridgehead atoms. The van der Waals surface area contributed by atoms with Gasteiger partial charge in [-0.1, -0.05) is 127 Å². The van der Waals surface area contributed by atoms with Crippen LogP contribution in [0.25, 0.3) is 5.57 Å². The zero-order valence-electron chi connectivity index (χ0n) is 17.9. The van der Waals surface area contributed by atoms with E-state index in [0.29, 0.717) is 0 Å². The smallest absolute Gasteiger partial charge is 0.0618 e. The van der Waals surface area contributed by atoms with Gasteiger partial charge in [0.2, 0.25) is 0 Å². The zero-order valence-corrected chi connectivity index (χ0v) is 17.9. The molecule has 1 N–H and O–H groups in total. The van der Waals surface area contributed by atoms with Gasteiger partial charge in [0.15, 0.2) is 0 Å². The van der Waals surface area contributed by atoms with E-state index in [0.717, 1.165) is 6.42 Å². The number of aliphatic hydroxyl groups is 1. The van der Waals surface area contributed by atoms with Crippen LogP contribution >= 0.6 is 0 Å². The molecule has 27 heavy (non-hydrogen) atoms. The molecular formula is C26H43O. The van der Waals surface area contributed by atoms with Crippen LogP contribution in [-0.4, -0.2) is 11.7 Å². The summed E-state index contributed by atoms with van der Waals surface area (Å²) in [6, 6.07) is 11.1. The average molecular weight is 372 g/mol. The lowest BCUT2D eigenvalue weighted by Crippen LogP contribution is -1.89. The predicted molar refractivity (Wildman–Crippen MR) is 120 cm³/mol. The molecule has 1 nitrogen and oxygen atoms in total. The molecule has 0 atom stereocenters. The van der Waals surface area contributed by atoms with Crippen LogP contribution in [0.1, 0.15) is 115 Å². The third kappa shape index (κ3) is 13.7. The fraction of sp³-hybridized carbons (Fsp3) is 0.692. The molecule has 0 fully saturated rings. The molecule has 1 rings (SSSR count). The lowest BCUT2D eigenvalue weighted by atomic mass is 9.98. The van der Waals surface area contributed by atoms with Crippen molar-refractivity contribution >= 4 is 5.57 Å². The Balaban J connectivity index is 1.90. The largest absolute Gasteiger partial charge is 0.392 e. The van der Waals surface area contributed by atoms with Crippen LogP contribution in [0.4, 0.5) is 0 Å². The molecule has 1 aromatic carbocycles. The highest BCUT2D eigenvalue weighted by Gasteiger charge is 2.01. The first-order valence-corrected chi connectivity index (χ1v) is 11.6. The number of benzene rings is 1. The molecule has 0 amide bonds.